The molecule has 0 aliphatic carbocycles. The van der Waals surface area contributed by atoms with Crippen LogP contribution in [0.4, 0.5) is 18.9 Å². The number of ether oxygens (including phenoxy) is 1. The van der Waals surface area contributed by atoms with Crippen LogP contribution in [0.25, 0.3) is 22.3 Å². The van der Waals surface area contributed by atoms with E-state index in [0.29, 0.717) is 22.3 Å². The van der Waals surface area contributed by atoms with Crippen molar-refractivity contribution in [1.29, 1.82) is 0 Å². The number of carbonyl (C=O) groups excluding carboxylic acids is 1. The highest BCUT2D eigenvalue weighted by molar-refractivity contribution is 5.95. The van der Waals surface area contributed by atoms with Gasteiger partial charge in [-0.05, 0) is 42.5 Å². The SMILES string of the molecule is COc1ccc2oc(-c3ccc(NC(=O)C(F)(F)F)cc3)cc(=O)c2c1. The zero-order chi connectivity index (χ0) is 18.9. The van der Waals surface area contributed by atoms with E-state index in [0.717, 1.165) is 0 Å². The second kappa shape index (κ2) is 6.55. The Morgan fingerprint density at radius 2 is 1.77 bits per heavy atom. The van der Waals surface area contributed by atoms with Gasteiger partial charge < -0.3 is 14.5 Å². The highest BCUT2D eigenvalue weighted by Crippen LogP contribution is 2.26. The molecule has 0 aliphatic heterocycles. The zero-order valence-corrected chi connectivity index (χ0v) is 13.4. The predicted octanol–water partition coefficient (Wildman–Crippen LogP) is 3.97. The molecule has 8 heteroatoms. The Bertz CT molecular complexity index is 1020. The molecule has 1 amide bonds. The molecule has 5 nitrogen and oxygen atoms in total. The van der Waals surface area contributed by atoms with Gasteiger partial charge in [-0.15, -0.1) is 0 Å². The quantitative estimate of drug-likeness (QED) is 0.765. The van der Waals surface area contributed by atoms with Crippen LogP contribution >= 0.6 is 0 Å². The fourth-order valence-electron chi connectivity index (χ4n) is 2.32. The molecule has 2 aromatic carbocycles. The first-order valence-electron chi connectivity index (χ1n) is 7.38. The zero-order valence-electron chi connectivity index (χ0n) is 13.4. The lowest BCUT2D eigenvalue weighted by Gasteiger charge is -2.09. The van der Waals surface area contributed by atoms with Crippen molar-refractivity contribution in [3.8, 4) is 17.1 Å². The van der Waals surface area contributed by atoms with Crippen LogP contribution < -0.4 is 15.5 Å². The number of nitrogens with one attached hydrogen (secondary N) is 1. The van der Waals surface area contributed by atoms with E-state index in [1.165, 1.54) is 37.4 Å². The summed E-state index contributed by atoms with van der Waals surface area (Å²) in [6, 6.07) is 11.5. The van der Waals surface area contributed by atoms with Gasteiger partial charge in [0, 0.05) is 17.3 Å². The third-order valence-electron chi connectivity index (χ3n) is 3.62. The maximum absolute atomic E-state index is 12.3. The second-order valence-corrected chi connectivity index (χ2v) is 5.37. The van der Waals surface area contributed by atoms with Crippen LogP contribution in [0.3, 0.4) is 0 Å². The Morgan fingerprint density at radius 1 is 1.08 bits per heavy atom. The molecule has 0 radical (unpaired) electrons. The minimum Gasteiger partial charge on any atom is -0.497 e. The van der Waals surface area contributed by atoms with E-state index in [1.54, 1.807) is 23.5 Å². The van der Waals surface area contributed by atoms with E-state index in [9.17, 15) is 22.8 Å². The number of carbonyl (C=O) groups is 1. The van der Waals surface area contributed by atoms with Crippen LogP contribution in [0.2, 0.25) is 0 Å². The van der Waals surface area contributed by atoms with E-state index in [2.05, 4.69) is 0 Å². The van der Waals surface area contributed by atoms with Gasteiger partial charge in [0.1, 0.15) is 17.1 Å². The number of fused-ring (bicyclic) bond motifs is 1. The van der Waals surface area contributed by atoms with Crippen molar-refractivity contribution in [2.24, 2.45) is 0 Å². The Hall–Kier alpha value is -3.29. The predicted molar refractivity (Wildman–Crippen MR) is 89.2 cm³/mol. The summed E-state index contributed by atoms with van der Waals surface area (Å²) in [5, 5.41) is 2.09. The summed E-state index contributed by atoms with van der Waals surface area (Å²) in [5.74, 6) is -1.29. The summed E-state index contributed by atoms with van der Waals surface area (Å²) < 4.78 is 47.5. The van der Waals surface area contributed by atoms with Gasteiger partial charge in [-0.3, -0.25) is 9.59 Å². The smallest absolute Gasteiger partial charge is 0.471 e. The molecule has 3 rings (SSSR count). The number of alkyl halides is 3. The lowest BCUT2D eigenvalue weighted by molar-refractivity contribution is -0.167. The van der Waals surface area contributed by atoms with E-state index in [1.807, 2.05) is 0 Å². The first-order valence-corrected chi connectivity index (χ1v) is 7.38. The molecule has 1 heterocycles. The monoisotopic (exact) mass is 363 g/mol. The molecule has 26 heavy (non-hydrogen) atoms. The summed E-state index contributed by atoms with van der Waals surface area (Å²) >= 11 is 0. The summed E-state index contributed by atoms with van der Waals surface area (Å²) in [7, 11) is 1.48. The first-order chi connectivity index (χ1) is 12.3. The van der Waals surface area contributed by atoms with Gasteiger partial charge in [-0.2, -0.15) is 13.2 Å². The molecule has 0 spiro atoms. The van der Waals surface area contributed by atoms with E-state index < -0.39 is 12.1 Å². The van der Waals surface area contributed by atoms with Gasteiger partial charge in [0.05, 0.1) is 12.5 Å². The van der Waals surface area contributed by atoms with Gasteiger partial charge in [0.2, 0.25) is 0 Å². The molecule has 1 N–H and O–H groups in total. The molecule has 0 saturated carbocycles. The molecule has 0 saturated heterocycles. The topological polar surface area (TPSA) is 68.5 Å². The lowest BCUT2D eigenvalue weighted by atomic mass is 10.1. The van der Waals surface area contributed by atoms with Crippen molar-refractivity contribution in [2.45, 2.75) is 6.18 Å². The molecule has 0 bridgehead atoms. The van der Waals surface area contributed by atoms with Crippen molar-refractivity contribution in [2.75, 3.05) is 12.4 Å². The Morgan fingerprint density at radius 3 is 2.38 bits per heavy atom. The lowest BCUT2D eigenvalue weighted by Crippen LogP contribution is -2.29. The fraction of sp³-hybridized carbons (Fsp3) is 0.111. The largest absolute Gasteiger partial charge is 0.497 e. The van der Waals surface area contributed by atoms with Crippen LogP contribution in [0, 0.1) is 0 Å². The molecule has 0 fully saturated rings. The molecule has 3 aromatic rings. The Balaban J connectivity index is 1.92. The van der Waals surface area contributed by atoms with Gasteiger partial charge in [0.15, 0.2) is 5.43 Å². The van der Waals surface area contributed by atoms with Gasteiger partial charge in [-0.25, -0.2) is 0 Å². The van der Waals surface area contributed by atoms with Gasteiger partial charge >= 0.3 is 12.1 Å². The van der Waals surface area contributed by atoms with Crippen molar-refractivity contribution < 1.29 is 27.1 Å². The van der Waals surface area contributed by atoms with Crippen LogP contribution in [-0.4, -0.2) is 19.2 Å². The molecule has 134 valence electrons. The van der Waals surface area contributed by atoms with Gasteiger partial charge in [-0.1, -0.05) is 0 Å². The van der Waals surface area contributed by atoms with Crippen molar-refractivity contribution in [1.82, 2.24) is 0 Å². The number of halogens is 3. The summed E-state index contributed by atoms with van der Waals surface area (Å²) in [6.45, 7) is 0. The minimum absolute atomic E-state index is 0.0241. The highest BCUT2D eigenvalue weighted by Gasteiger charge is 2.38. The first kappa shape index (κ1) is 17.5. The average molecular weight is 363 g/mol. The summed E-state index contributed by atoms with van der Waals surface area (Å²) in [6.07, 6.45) is -4.97. The normalized spacial score (nSPS) is 11.4. The van der Waals surface area contributed by atoms with Crippen molar-refractivity contribution >= 4 is 22.6 Å². The second-order valence-electron chi connectivity index (χ2n) is 5.37. The molecule has 0 unspecified atom stereocenters. The van der Waals surface area contributed by atoms with E-state index >= 15 is 0 Å². The highest BCUT2D eigenvalue weighted by atomic mass is 19.4. The maximum Gasteiger partial charge on any atom is 0.471 e. The van der Waals surface area contributed by atoms with E-state index in [-0.39, 0.29) is 16.9 Å². The van der Waals surface area contributed by atoms with Crippen LogP contribution in [0.15, 0.2) is 57.7 Å². The Labute approximate surface area is 145 Å². The molecular weight excluding hydrogens is 351 g/mol. The third kappa shape index (κ3) is 3.53. The summed E-state index contributed by atoms with van der Waals surface area (Å²) in [4.78, 5) is 23.2. The Kier molecular flexibility index (Phi) is 4.41. The molecule has 0 aliphatic rings. The number of anilines is 1. The fourth-order valence-corrected chi connectivity index (χ4v) is 2.32. The minimum atomic E-state index is -4.97. The number of amides is 1. The van der Waals surface area contributed by atoms with Crippen molar-refractivity contribution in [3.63, 3.8) is 0 Å². The third-order valence-corrected chi connectivity index (χ3v) is 3.62. The van der Waals surface area contributed by atoms with Crippen LogP contribution in [0.1, 0.15) is 0 Å². The number of methoxy groups -OCH3 is 1. The molecule has 1 aromatic heterocycles. The number of benzene rings is 2. The van der Waals surface area contributed by atoms with Crippen molar-refractivity contribution in [3.05, 3.63) is 58.8 Å². The van der Waals surface area contributed by atoms with Gasteiger partial charge in [0.25, 0.3) is 0 Å². The number of rotatable bonds is 3. The van der Waals surface area contributed by atoms with Crippen LogP contribution in [-0.2, 0) is 4.79 Å². The molecule has 0 atom stereocenters. The van der Waals surface area contributed by atoms with Crippen LogP contribution in [0.5, 0.6) is 5.75 Å². The maximum atomic E-state index is 12.3. The molecular formula is C18H12F3NO4. The summed E-state index contributed by atoms with van der Waals surface area (Å²) in [5.41, 5.74) is 0.520. The van der Waals surface area contributed by atoms with E-state index in [4.69, 9.17) is 9.15 Å². The number of hydrogen-bond donors (Lipinski definition) is 1. The standard InChI is InChI=1S/C18H12F3NO4/c1-25-12-6-7-15-13(8-12)14(23)9-16(26-15)10-2-4-11(5-3-10)22-17(24)18(19,20)21/h2-9H,1H3,(H,22,24). The average Bonchev–Trinajstić information content (AvgIpc) is 2.61. The number of hydrogen-bond acceptors (Lipinski definition) is 4.